The number of rotatable bonds is 5. The largest absolute Gasteiger partial charge is 0.457 e. The predicted octanol–water partition coefficient (Wildman–Crippen LogP) is 10.9. The molecule has 0 amide bonds. The number of benzene rings is 4. The van der Waals surface area contributed by atoms with Crippen molar-refractivity contribution in [3.8, 4) is 33.9 Å². The Morgan fingerprint density at radius 3 is 1.67 bits per heavy atom. The van der Waals surface area contributed by atoms with Gasteiger partial charge >= 0.3 is 0 Å². The maximum absolute atomic E-state index is 6.61. The van der Waals surface area contributed by atoms with E-state index in [-0.39, 0.29) is 10.8 Å². The molecule has 4 aromatic carbocycles. The van der Waals surface area contributed by atoms with Crippen molar-refractivity contribution >= 4 is 0 Å². The lowest BCUT2D eigenvalue weighted by molar-refractivity contribution is 0.481. The number of hydrogen-bond donors (Lipinski definition) is 0. The van der Waals surface area contributed by atoms with Gasteiger partial charge in [0.1, 0.15) is 11.5 Å². The summed E-state index contributed by atoms with van der Waals surface area (Å²) < 4.78 is 6.61. The SMILES string of the molecule is CC(C)(C)c1ccc2c(c1)C(c1cccc(Oc3cccc(-c4ccccn4)c3)c1)(c1ccccn1)c1cc(C(C)(C)C)ccc1-2. The molecule has 3 heteroatoms. The van der Waals surface area contributed by atoms with Gasteiger partial charge in [0.15, 0.2) is 0 Å². The molecule has 0 radical (unpaired) electrons. The molecule has 0 spiro atoms. The Kier molecular flexibility index (Phi) is 7.16. The summed E-state index contributed by atoms with van der Waals surface area (Å²) in [5.41, 5.74) is 11.0. The van der Waals surface area contributed by atoms with Crippen LogP contribution >= 0.6 is 0 Å². The van der Waals surface area contributed by atoms with Gasteiger partial charge in [0.25, 0.3) is 0 Å². The van der Waals surface area contributed by atoms with E-state index in [1.807, 2.05) is 54.9 Å². The summed E-state index contributed by atoms with van der Waals surface area (Å²) in [5.74, 6) is 1.55. The molecule has 6 aromatic rings. The fourth-order valence-electron chi connectivity index (χ4n) is 6.76. The number of fused-ring (bicyclic) bond motifs is 3. The molecule has 1 aliphatic carbocycles. The highest BCUT2D eigenvalue weighted by molar-refractivity contribution is 5.86. The molecule has 228 valence electrons. The Morgan fingerprint density at radius 1 is 0.522 bits per heavy atom. The molecule has 0 atom stereocenters. The number of nitrogens with zero attached hydrogens (tertiary/aromatic N) is 2. The molecule has 1 aliphatic rings. The maximum atomic E-state index is 6.61. The van der Waals surface area contributed by atoms with Crippen molar-refractivity contribution in [3.63, 3.8) is 0 Å². The van der Waals surface area contributed by atoms with Gasteiger partial charge in [0.05, 0.1) is 16.8 Å². The monoisotopic (exact) mass is 600 g/mol. The number of ether oxygens (including phenoxy) is 1. The van der Waals surface area contributed by atoms with Crippen molar-refractivity contribution in [3.05, 3.63) is 167 Å². The van der Waals surface area contributed by atoms with Gasteiger partial charge in [-0.15, -0.1) is 0 Å². The normalized spacial score (nSPS) is 13.6. The zero-order chi connectivity index (χ0) is 32.1. The van der Waals surface area contributed by atoms with Crippen LogP contribution in [0.25, 0.3) is 22.4 Å². The minimum atomic E-state index is -0.635. The van der Waals surface area contributed by atoms with Crippen molar-refractivity contribution in [2.45, 2.75) is 57.8 Å². The molecule has 7 rings (SSSR count). The van der Waals surface area contributed by atoms with Gasteiger partial charge < -0.3 is 4.74 Å². The molecule has 0 saturated heterocycles. The lowest BCUT2D eigenvalue weighted by Crippen LogP contribution is -2.30. The van der Waals surface area contributed by atoms with Gasteiger partial charge in [0, 0.05) is 18.0 Å². The first kappa shape index (κ1) is 29.7. The Hall–Kier alpha value is -5.02. The van der Waals surface area contributed by atoms with Crippen LogP contribution < -0.4 is 4.74 Å². The van der Waals surface area contributed by atoms with E-state index in [1.165, 1.54) is 33.4 Å². The second-order valence-electron chi connectivity index (χ2n) is 14.4. The third-order valence-corrected chi connectivity index (χ3v) is 9.22. The van der Waals surface area contributed by atoms with E-state index in [4.69, 9.17) is 9.72 Å². The summed E-state index contributed by atoms with van der Waals surface area (Å²) in [6, 6.07) is 43.0. The molecule has 0 aliphatic heterocycles. The van der Waals surface area contributed by atoms with Crippen LogP contribution in [-0.4, -0.2) is 9.97 Å². The molecule has 46 heavy (non-hydrogen) atoms. The molecule has 0 fully saturated rings. The number of aromatic nitrogens is 2. The zero-order valence-corrected chi connectivity index (χ0v) is 27.5. The summed E-state index contributed by atoms with van der Waals surface area (Å²) in [7, 11) is 0. The summed E-state index contributed by atoms with van der Waals surface area (Å²) in [6.07, 6.45) is 3.73. The quantitative estimate of drug-likeness (QED) is 0.197. The third-order valence-electron chi connectivity index (χ3n) is 9.22. The highest BCUT2D eigenvalue weighted by atomic mass is 16.5. The van der Waals surface area contributed by atoms with E-state index in [9.17, 15) is 0 Å². The summed E-state index contributed by atoms with van der Waals surface area (Å²) >= 11 is 0. The van der Waals surface area contributed by atoms with Crippen LogP contribution in [0.1, 0.15) is 75.1 Å². The van der Waals surface area contributed by atoms with Crippen molar-refractivity contribution in [2.24, 2.45) is 0 Å². The van der Waals surface area contributed by atoms with E-state index in [1.54, 1.807) is 0 Å². The van der Waals surface area contributed by atoms with Gasteiger partial charge in [-0.25, -0.2) is 0 Å². The molecule has 0 N–H and O–H groups in total. The molecular formula is C43H40N2O. The highest BCUT2D eigenvalue weighted by Crippen LogP contribution is 2.57. The van der Waals surface area contributed by atoms with E-state index in [2.05, 4.69) is 125 Å². The Bertz CT molecular complexity index is 1970. The Balaban J connectivity index is 1.46. The highest BCUT2D eigenvalue weighted by Gasteiger charge is 2.48. The molecular weight excluding hydrogens is 560 g/mol. The predicted molar refractivity (Wildman–Crippen MR) is 189 cm³/mol. The van der Waals surface area contributed by atoms with Crippen molar-refractivity contribution in [1.29, 1.82) is 0 Å². The van der Waals surface area contributed by atoms with Crippen LogP contribution in [0.4, 0.5) is 0 Å². The van der Waals surface area contributed by atoms with Gasteiger partial charge in [-0.05, 0) is 98.3 Å². The Labute approximate surface area is 273 Å². The van der Waals surface area contributed by atoms with Gasteiger partial charge in [-0.3, -0.25) is 9.97 Å². The van der Waals surface area contributed by atoms with Gasteiger partial charge in [-0.2, -0.15) is 0 Å². The second kappa shape index (κ2) is 11.1. The van der Waals surface area contributed by atoms with Crippen molar-refractivity contribution < 1.29 is 4.74 Å². The average Bonchev–Trinajstić information content (AvgIpc) is 3.35. The smallest absolute Gasteiger partial charge is 0.128 e. The van der Waals surface area contributed by atoms with E-state index < -0.39 is 5.41 Å². The standard InChI is InChI=1S/C43H40N2O/c1-41(2,3)30-19-21-35-36-22-20-31(42(4,5)6)28-38(36)43(37(35)27-30,40-18-8-10-24-45-40)32-14-12-16-34(26-32)46-33-15-11-13-29(25-33)39-17-7-9-23-44-39/h7-28H,1-6H3. The van der Waals surface area contributed by atoms with Crippen molar-refractivity contribution in [2.75, 3.05) is 0 Å². The van der Waals surface area contributed by atoms with E-state index >= 15 is 0 Å². The fourth-order valence-corrected chi connectivity index (χ4v) is 6.76. The summed E-state index contributed by atoms with van der Waals surface area (Å²) in [5, 5.41) is 0. The van der Waals surface area contributed by atoms with Crippen LogP contribution in [0.2, 0.25) is 0 Å². The number of pyridine rings is 2. The lowest BCUT2D eigenvalue weighted by atomic mass is 9.68. The van der Waals surface area contributed by atoms with Crippen LogP contribution in [0.3, 0.4) is 0 Å². The minimum Gasteiger partial charge on any atom is -0.457 e. The first-order valence-corrected chi connectivity index (χ1v) is 16.1. The minimum absolute atomic E-state index is 0.0141. The second-order valence-corrected chi connectivity index (χ2v) is 14.4. The summed E-state index contributed by atoms with van der Waals surface area (Å²) in [6.45, 7) is 13.7. The molecule has 3 nitrogen and oxygen atoms in total. The summed E-state index contributed by atoms with van der Waals surface area (Å²) in [4.78, 5) is 9.64. The van der Waals surface area contributed by atoms with Gasteiger partial charge in [-0.1, -0.05) is 114 Å². The van der Waals surface area contributed by atoms with E-state index in [0.29, 0.717) is 0 Å². The molecule has 0 bridgehead atoms. The first-order chi connectivity index (χ1) is 22.0. The molecule has 0 unspecified atom stereocenters. The first-order valence-electron chi connectivity index (χ1n) is 16.1. The van der Waals surface area contributed by atoms with Crippen LogP contribution in [0.15, 0.2) is 134 Å². The van der Waals surface area contributed by atoms with Gasteiger partial charge in [0.2, 0.25) is 0 Å². The van der Waals surface area contributed by atoms with Crippen LogP contribution in [-0.2, 0) is 16.2 Å². The van der Waals surface area contributed by atoms with Crippen LogP contribution in [0, 0.1) is 0 Å². The number of hydrogen-bond acceptors (Lipinski definition) is 3. The maximum Gasteiger partial charge on any atom is 0.128 e. The van der Waals surface area contributed by atoms with Crippen molar-refractivity contribution in [1.82, 2.24) is 9.97 Å². The molecule has 0 saturated carbocycles. The topological polar surface area (TPSA) is 35.0 Å². The molecule has 2 aromatic heterocycles. The van der Waals surface area contributed by atoms with E-state index in [0.717, 1.165) is 34.0 Å². The Morgan fingerprint density at radius 2 is 1.11 bits per heavy atom. The fraction of sp³-hybridized carbons (Fsp3) is 0.209. The molecule has 2 heterocycles. The third kappa shape index (κ3) is 5.10. The average molecular weight is 601 g/mol. The lowest BCUT2D eigenvalue weighted by Gasteiger charge is -2.34. The zero-order valence-electron chi connectivity index (χ0n) is 27.5. The van der Waals surface area contributed by atoms with Crippen LogP contribution in [0.5, 0.6) is 11.5 Å².